The van der Waals surface area contributed by atoms with E-state index in [2.05, 4.69) is 21.5 Å². The molecule has 0 bridgehead atoms. The SMILES string of the molecule is CC(Nc1cnccc1C#N)c1cnn(C)c1. The zero-order valence-electron chi connectivity index (χ0n) is 9.75. The Morgan fingerprint density at radius 2 is 2.29 bits per heavy atom. The number of rotatable bonds is 3. The Morgan fingerprint density at radius 1 is 1.47 bits per heavy atom. The summed E-state index contributed by atoms with van der Waals surface area (Å²) in [5, 5.41) is 16.3. The van der Waals surface area contributed by atoms with Crippen molar-refractivity contribution in [3.8, 4) is 6.07 Å². The fraction of sp³-hybridized carbons (Fsp3) is 0.250. The zero-order chi connectivity index (χ0) is 12.3. The molecule has 0 aliphatic heterocycles. The van der Waals surface area contributed by atoms with Crippen molar-refractivity contribution in [2.45, 2.75) is 13.0 Å². The first-order valence-electron chi connectivity index (χ1n) is 5.30. The molecule has 0 amide bonds. The summed E-state index contributed by atoms with van der Waals surface area (Å²) < 4.78 is 1.75. The third-order valence-electron chi connectivity index (χ3n) is 2.54. The number of hydrogen-bond donors (Lipinski definition) is 1. The molecule has 86 valence electrons. The van der Waals surface area contributed by atoms with Gasteiger partial charge in [0.05, 0.1) is 29.7 Å². The van der Waals surface area contributed by atoms with Gasteiger partial charge in [-0.1, -0.05) is 0 Å². The van der Waals surface area contributed by atoms with Gasteiger partial charge >= 0.3 is 0 Å². The maximum absolute atomic E-state index is 8.97. The molecule has 2 aromatic heterocycles. The standard InChI is InChI=1S/C12H13N5/c1-9(11-6-15-17(2)8-11)16-12-7-14-4-3-10(12)5-13/h3-4,6-9,16H,1-2H3. The number of nitrogens with zero attached hydrogens (tertiary/aromatic N) is 4. The quantitative estimate of drug-likeness (QED) is 0.869. The molecule has 0 saturated carbocycles. The summed E-state index contributed by atoms with van der Waals surface area (Å²) >= 11 is 0. The second kappa shape index (κ2) is 4.66. The van der Waals surface area contributed by atoms with E-state index in [1.807, 2.05) is 20.2 Å². The van der Waals surface area contributed by atoms with Crippen molar-refractivity contribution in [1.82, 2.24) is 14.8 Å². The van der Waals surface area contributed by atoms with Crippen LogP contribution in [0.15, 0.2) is 30.9 Å². The molecule has 1 N–H and O–H groups in total. The van der Waals surface area contributed by atoms with Gasteiger partial charge in [-0.2, -0.15) is 10.4 Å². The molecule has 0 fully saturated rings. The van der Waals surface area contributed by atoms with Crippen LogP contribution in [0.5, 0.6) is 0 Å². The minimum atomic E-state index is 0.0833. The third-order valence-corrected chi connectivity index (χ3v) is 2.54. The van der Waals surface area contributed by atoms with E-state index in [4.69, 9.17) is 5.26 Å². The minimum absolute atomic E-state index is 0.0833. The smallest absolute Gasteiger partial charge is 0.101 e. The topological polar surface area (TPSA) is 66.5 Å². The monoisotopic (exact) mass is 227 g/mol. The minimum Gasteiger partial charge on any atom is -0.376 e. The summed E-state index contributed by atoms with van der Waals surface area (Å²) in [6, 6.07) is 3.91. The van der Waals surface area contributed by atoms with Gasteiger partial charge in [0, 0.05) is 25.0 Å². The number of hydrogen-bond acceptors (Lipinski definition) is 4. The second-order valence-electron chi connectivity index (χ2n) is 3.85. The highest BCUT2D eigenvalue weighted by Crippen LogP contribution is 2.20. The molecular formula is C12H13N5. The number of pyridine rings is 1. The molecule has 5 heteroatoms. The van der Waals surface area contributed by atoms with E-state index in [0.29, 0.717) is 5.56 Å². The van der Waals surface area contributed by atoms with Crippen LogP contribution in [0.1, 0.15) is 24.1 Å². The number of nitriles is 1. The summed E-state index contributed by atoms with van der Waals surface area (Å²) in [7, 11) is 1.88. The van der Waals surface area contributed by atoms with Gasteiger partial charge in [0.1, 0.15) is 6.07 Å². The highest BCUT2D eigenvalue weighted by atomic mass is 15.2. The number of anilines is 1. The lowest BCUT2D eigenvalue weighted by Gasteiger charge is -2.13. The molecule has 0 aromatic carbocycles. The average Bonchev–Trinajstić information content (AvgIpc) is 2.77. The van der Waals surface area contributed by atoms with Crippen LogP contribution in [0, 0.1) is 11.3 Å². The molecule has 2 heterocycles. The predicted molar refractivity (Wildman–Crippen MR) is 64.2 cm³/mol. The third kappa shape index (κ3) is 2.42. The zero-order valence-corrected chi connectivity index (χ0v) is 9.75. The van der Waals surface area contributed by atoms with E-state index in [1.54, 1.807) is 29.3 Å². The van der Waals surface area contributed by atoms with Gasteiger partial charge in [-0.25, -0.2) is 0 Å². The molecule has 0 spiro atoms. The Bertz CT molecular complexity index is 552. The molecular weight excluding hydrogens is 214 g/mol. The maximum atomic E-state index is 8.97. The first-order chi connectivity index (χ1) is 8.20. The molecule has 1 unspecified atom stereocenters. The van der Waals surface area contributed by atoms with Crippen LogP contribution in [0.4, 0.5) is 5.69 Å². The van der Waals surface area contributed by atoms with Crippen molar-refractivity contribution in [2.75, 3.05) is 5.32 Å². The van der Waals surface area contributed by atoms with E-state index in [0.717, 1.165) is 11.3 Å². The van der Waals surface area contributed by atoms with Gasteiger partial charge in [0.2, 0.25) is 0 Å². The van der Waals surface area contributed by atoms with Crippen molar-refractivity contribution in [3.05, 3.63) is 42.0 Å². The fourth-order valence-electron chi connectivity index (χ4n) is 1.59. The Kier molecular flexibility index (Phi) is 3.06. The van der Waals surface area contributed by atoms with Crippen LogP contribution in [-0.4, -0.2) is 14.8 Å². The van der Waals surface area contributed by atoms with E-state index in [-0.39, 0.29) is 6.04 Å². The summed E-state index contributed by atoms with van der Waals surface area (Å²) in [5.74, 6) is 0. The highest BCUT2D eigenvalue weighted by molar-refractivity contribution is 5.56. The lowest BCUT2D eigenvalue weighted by molar-refractivity contribution is 0.765. The molecule has 1 atom stereocenters. The second-order valence-corrected chi connectivity index (χ2v) is 3.85. The van der Waals surface area contributed by atoms with Gasteiger partial charge < -0.3 is 5.32 Å². The van der Waals surface area contributed by atoms with Gasteiger partial charge in [-0.05, 0) is 13.0 Å². The predicted octanol–water partition coefficient (Wildman–Crippen LogP) is 1.86. The van der Waals surface area contributed by atoms with Gasteiger partial charge in [0.15, 0.2) is 0 Å². The molecule has 5 nitrogen and oxygen atoms in total. The van der Waals surface area contributed by atoms with Crippen molar-refractivity contribution in [3.63, 3.8) is 0 Å². The van der Waals surface area contributed by atoms with Crippen molar-refractivity contribution in [2.24, 2.45) is 7.05 Å². The van der Waals surface area contributed by atoms with Crippen LogP contribution in [0.25, 0.3) is 0 Å². The molecule has 17 heavy (non-hydrogen) atoms. The maximum Gasteiger partial charge on any atom is 0.101 e. The van der Waals surface area contributed by atoms with Crippen LogP contribution >= 0.6 is 0 Å². The molecule has 0 saturated heterocycles. The van der Waals surface area contributed by atoms with Crippen LogP contribution in [-0.2, 0) is 7.05 Å². The lowest BCUT2D eigenvalue weighted by Crippen LogP contribution is -2.07. The van der Waals surface area contributed by atoms with E-state index in [9.17, 15) is 0 Å². The fourth-order valence-corrected chi connectivity index (χ4v) is 1.59. The lowest BCUT2D eigenvalue weighted by atomic mass is 10.1. The van der Waals surface area contributed by atoms with E-state index >= 15 is 0 Å². The first-order valence-corrected chi connectivity index (χ1v) is 5.30. The largest absolute Gasteiger partial charge is 0.376 e. The summed E-state index contributed by atoms with van der Waals surface area (Å²) in [6.45, 7) is 2.02. The Hall–Kier alpha value is -2.35. The summed E-state index contributed by atoms with van der Waals surface area (Å²) in [5.41, 5.74) is 2.40. The molecule has 2 aromatic rings. The van der Waals surface area contributed by atoms with Crippen LogP contribution in [0.2, 0.25) is 0 Å². The van der Waals surface area contributed by atoms with Gasteiger partial charge in [-0.3, -0.25) is 9.67 Å². The van der Waals surface area contributed by atoms with E-state index in [1.165, 1.54) is 0 Å². The molecule has 0 aliphatic carbocycles. The first kappa shape index (κ1) is 11.1. The summed E-state index contributed by atoms with van der Waals surface area (Å²) in [6.07, 6.45) is 7.02. The highest BCUT2D eigenvalue weighted by Gasteiger charge is 2.09. The Morgan fingerprint density at radius 3 is 2.94 bits per heavy atom. The van der Waals surface area contributed by atoms with E-state index < -0.39 is 0 Å². The molecule has 2 rings (SSSR count). The summed E-state index contributed by atoms with van der Waals surface area (Å²) in [4.78, 5) is 4.01. The molecule has 0 radical (unpaired) electrons. The normalized spacial score (nSPS) is 11.8. The van der Waals surface area contributed by atoms with Gasteiger partial charge in [0.25, 0.3) is 0 Å². The Balaban J connectivity index is 2.19. The Labute approximate surface area is 99.7 Å². The number of aryl methyl sites for hydroxylation is 1. The average molecular weight is 227 g/mol. The molecule has 0 aliphatic rings. The van der Waals surface area contributed by atoms with Crippen molar-refractivity contribution >= 4 is 5.69 Å². The van der Waals surface area contributed by atoms with Crippen molar-refractivity contribution < 1.29 is 0 Å². The van der Waals surface area contributed by atoms with Crippen LogP contribution in [0.3, 0.4) is 0 Å². The number of nitrogens with one attached hydrogen (secondary N) is 1. The van der Waals surface area contributed by atoms with Crippen LogP contribution < -0.4 is 5.32 Å². The van der Waals surface area contributed by atoms with Crippen molar-refractivity contribution in [1.29, 1.82) is 5.26 Å². The van der Waals surface area contributed by atoms with Gasteiger partial charge in [-0.15, -0.1) is 0 Å². The number of aromatic nitrogens is 3.